The Morgan fingerprint density at radius 1 is 1.31 bits per heavy atom. The Morgan fingerprint density at radius 2 is 2.08 bits per heavy atom. The zero-order chi connectivity index (χ0) is 9.42. The molecule has 1 aromatic carbocycles. The van der Waals surface area contributed by atoms with Crippen LogP contribution in [0.15, 0.2) is 6.07 Å². The summed E-state index contributed by atoms with van der Waals surface area (Å²) in [5, 5.41) is 3.41. The van der Waals surface area contributed by atoms with Crippen molar-refractivity contribution in [3.63, 3.8) is 0 Å². The number of hydrogen-bond acceptors (Lipinski definition) is 1. The van der Waals surface area contributed by atoms with Gasteiger partial charge in [0.25, 0.3) is 0 Å². The SMILES string of the molecule is CCc1c(C)cc2c(c1C)CNC2. The zero-order valence-electron chi connectivity index (χ0n) is 8.70. The summed E-state index contributed by atoms with van der Waals surface area (Å²) in [5.41, 5.74) is 7.57. The zero-order valence-corrected chi connectivity index (χ0v) is 8.70. The van der Waals surface area contributed by atoms with Crippen molar-refractivity contribution in [2.45, 2.75) is 40.3 Å². The molecule has 0 amide bonds. The van der Waals surface area contributed by atoms with Crippen molar-refractivity contribution >= 4 is 0 Å². The second kappa shape index (κ2) is 3.15. The summed E-state index contributed by atoms with van der Waals surface area (Å²) in [6, 6.07) is 2.35. The van der Waals surface area contributed by atoms with Crippen LogP contribution >= 0.6 is 0 Å². The Hall–Kier alpha value is -0.820. The fourth-order valence-electron chi connectivity index (χ4n) is 2.42. The minimum absolute atomic E-state index is 1.06. The number of aryl methyl sites for hydroxylation is 1. The van der Waals surface area contributed by atoms with Crippen LogP contribution < -0.4 is 5.32 Å². The quantitative estimate of drug-likeness (QED) is 0.691. The van der Waals surface area contributed by atoms with Crippen LogP contribution in [0.25, 0.3) is 0 Å². The Balaban J connectivity index is 2.62. The van der Waals surface area contributed by atoms with Crippen LogP contribution in [-0.2, 0) is 19.5 Å². The summed E-state index contributed by atoms with van der Waals surface area (Å²) in [7, 11) is 0. The molecule has 2 rings (SSSR count). The molecule has 1 heterocycles. The van der Waals surface area contributed by atoms with E-state index in [0.717, 1.165) is 19.5 Å². The molecule has 0 unspecified atom stereocenters. The molecule has 0 bridgehead atoms. The lowest BCUT2D eigenvalue weighted by Gasteiger charge is -2.12. The highest BCUT2D eigenvalue weighted by Gasteiger charge is 2.15. The van der Waals surface area contributed by atoms with Gasteiger partial charge in [0.15, 0.2) is 0 Å². The highest BCUT2D eigenvalue weighted by Crippen LogP contribution is 2.26. The fraction of sp³-hybridized carbons (Fsp3) is 0.500. The third kappa shape index (κ3) is 1.28. The van der Waals surface area contributed by atoms with Gasteiger partial charge in [0, 0.05) is 13.1 Å². The molecule has 1 heteroatoms. The highest BCUT2D eigenvalue weighted by atomic mass is 14.9. The van der Waals surface area contributed by atoms with E-state index >= 15 is 0 Å². The van der Waals surface area contributed by atoms with Gasteiger partial charge in [-0.3, -0.25) is 0 Å². The summed E-state index contributed by atoms with van der Waals surface area (Å²) in [6.45, 7) is 8.85. The molecular weight excluding hydrogens is 158 g/mol. The number of hydrogen-bond donors (Lipinski definition) is 1. The molecular formula is C12H17N. The first-order valence-corrected chi connectivity index (χ1v) is 5.05. The normalized spacial score (nSPS) is 14.7. The van der Waals surface area contributed by atoms with E-state index in [4.69, 9.17) is 0 Å². The Kier molecular flexibility index (Phi) is 2.12. The van der Waals surface area contributed by atoms with Gasteiger partial charge in [0.05, 0.1) is 0 Å². The van der Waals surface area contributed by atoms with Crippen LogP contribution in [0.2, 0.25) is 0 Å². The van der Waals surface area contributed by atoms with E-state index in [1.165, 1.54) is 16.7 Å². The Morgan fingerprint density at radius 3 is 2.77 bits per heavy atom. The number of nitrogens with one attached hydrogen (secondary N) is 1. The lowest BCUT2D eigenvalue weighted by Crippen LogP contribution is -2.01. The summed E-state index contributed by atoms with van der Waals surface area (Å²) in [4.78, 5) is 0. The van der Waals surface area contributed by atoms with Gasteiger partial charge in [-0.25, -0.2) is 0 Å². The van der Waals surface area contributed by atoms with Gasteiger partial charge >= 0.3 is 0 Å². The first-order chi connectivity index (χ1) is 6.24. The van der Waals surface area contributed by atoms with Crippen molar-refractivity contribution in [2.24, 2.45) is 0 Å². The van der Waals surface area contributed by atoms with Crippen molar-refractivity contribution in [1.82, 2.24) is 5.32 Å². The third-order valence-corrected chi connectivity index (χ3v) is 3.13. The number of benzene rings is 1. The smallest absolute Gasteiger partial charge is 0.0214 e. The molecule has 0 fully saturated rings. The summed E-state index contributed by atoms with van der Waals surface area (Å²) < 4.78 is 0. The molecule has 0 radical (unpaired) electrons. The predicted octanol–water partition coefficient (Wildman–Crippen LogP) is 2.47. The van der Waals surface area contributed by atoms with Crippen molar-refractivity contribution in [2.75, 3.05) is 0 Å². The number of rotatable bonds is 1. The standard InChI is InChI=1S/C12H17N/c1-4-11-8(2)5-10-6-13-7-12(10)9(11)3/h5,13H,4,6-7H2,1-3H3. The van der Waals surface area contributed by atoms with E-state index in [2.05, 4.69) is 32.2 Å². The maximum atomic E-state index is 3.41. The summed E-state index contributed by atoms with van der Waals surface area (Å²) in [6.07, 6.45) is 1.16. The van der Waals surface area contributed by atoms with Crippen LogP contribution in [-0.4, -0.2) is 0 Å². The van der Waals surface area contributed by atoms with Crippen molar-refractivity contribution < 1.29 is 0 Å². The van der Waals surface area contributed by atoms with Crippen LogP contribution in [0.3, 0.4) is 0 Å². The highest BCUT2D eigenvalue weighted by molar-refractivity contribution is 5.46. The molecule has 13 heavy (non-hydrogen) atoms. The molecule has 1 N–H and O–H groups in total. The maximum absolute atomic E-state index is 3.41. The van der Waals surface area contributed by atoms with Crippen molar-refractivity contribution in [1.29, 1.82) is 0 Å². The Bertz CT molecular complexity index is 336. The summed E-state index contributed by atoms with van der Waals surface area (Å²) in [5.74, 6) is 0. The van der Waals surface area contributed by atoms with Gasteiger partial charge < -0.3 is 5.32 Å². The van der Waals surface area contributed by atoms with E-state index in [9.17, 15) is 0 Å². The van der Waals surface area contributed by atoms with E-state index < -0.39 is 0 Å². The molecule has 1 nitrogen and oxygen atoms in total. The predicted molar refractivity (Wildman–Crippen MR) is 55.8 cm³/mol. The molecule has 0 aliphatic carbocycles. The average molecular weight is 175 g/mol. The van der Waals surface area contributed by atoms with Crippen LogP contribution in [0.4, 0.5) is 0 Å². The fourth-order valence-corrected chi connectivity index (χ4v) is 2.42. The van der Waals surface area contributed by atoms with E-state index in [-0.39, 0.29) is 0 Å². The molecule has 1 aliphatic rings. The second-order valence-corrected chi connectivity index (χ2v) is 3.89. The van der Waals surface area contributed by atoms with Gasteiger partial charge in [-0.1, -0.05) is 13.0 Å². The van der Waals surface area contributed by atoms with E-state index in [1.807, 2.05) is 0 Å². The number of fused-ring (bicyclic) bond motifs is 1. The van der Waals surface area contributed by atoms with Crippen molar-refractivity contribution in [3.05, 3.63) is 33.9 Å². The Labute approximate surface area is 80.2 Å². The van der Waals surface area contributed by atoms with E-state index in [1.54, 1.807) is 11.1 Å². The van der Waals surface area contributed by atoms with Crippen molar-refractivity contribution in [3.8, 4) is 0 Å². The lowest BCUT2D eigenvalue weighted by atomic mass is 9.93. The lowest BCUT2D eigenvalue weighted by molar-refractivity contribution is 0.763. The average Bonchev–Trinajstić information content (AvgIpc) is 2.53. The van der Waals surface area contributed by atoms with Gasteiger partial charge in [0.2, 0.25) is 0 Å². The first kappa shape index (κ1) is 8.76. The van der Waals surface area contributed by atoms with Gasteiger partial charge in [-0.05, 0) is 48.1 Å². The van der Waals surface area contributed by atoms with Crippen LogP contribution in [0.1, 0.15) is 34.7 Å². The molecule has 0 saturated carbocycles. The summed E-state index contributed by atoms with van der Waals surface area (Å²) >= 11 is 0. The topological polar surface area (TPSA) is 12.0 Å². The molecule has 70 valence electrons. The van der Waals surface area contributed by atoms with E-state index in [0.29, 0.717) is 0 Å². The molecule has 1 aromatic rings. The van der Waals surface area contributed by atoms with Gasteiger partial charge in [-0.15, -0.1) is 0 Å². The second-order valence-electron chi connectivity index (χ2n) is 3.89. The van der Waals surface area contributed by atoms with Gasteiger partial charge in [-0.2, -0.15) is 0 Å². The minimum Gasteiger partial charge on any atom is -0.309 e. The maximum Gasteiger partial charge on any atom is 0.0214 e. The molecule has 0 aromatic heterocycles. The van der Waals surface area contributed by atoms with Gasteiger partial charge in [0.1, 0.15) is 0 Å². The molecule has 0 spiro atoms. The van der Waals surface area contributed by atoms with Crippen LogP contribution in [0, 0.1) is 13.8 Å². The minimum atomic E-state index is 1.06. The van der Waals surface area contributed by atoms with Crippen LogP contribution in [0.5, 0.6) is 0 Å². The monoisotopic (exact) mass is 175 g/mol. The largest absolute Gasteiger partial charge is 0.309 e. The third-order valence-electron chi connectivity index (χ3n) is 3.13. The molecule has 0 atom stereocenters. The molecule has 0 saturated heterocycles. The first-order valence-electron chi connectivity index (χ1n) is 5.05. The molecule has 1 aliphatic heterocycles.